The standard InChI is InChI=1S/C15H20N4O2/c1-4-6-17-13-8-16-7-5-12(13)15(20)18-9-14-19-10(2)11(3)21-14/h5,7-8,17H,4,6,9H2,1-3H3,(H,18,20). The van der Waals surface area contributed by atoms with Crippen LogP contribution in [0.4, 0.5) is 5.69 Å². The van der Waals surface area contributed by atoms with Gasteiger partial charge in [0, 0.05) is 12.7 Å². The van der Waals surface area contributed by atoms with Crippen LogP contribution in [0.15, 0.2) is 22.9 Å². The number of hydrogen-bond acceptors (Lipinski definition) is 5. The second kappa shape index (κ2) is 6.88. The monoisotopic (exact) mass is 288 g/mol. The zero-order chi connectivity index (χ0) is 15.2. The lowest BCUT2D eigenvalue weighted by Crippen LogP contribution is -2.24. The number of aryl methyl sites for hydroxylation is 2. The molecule has 0 spiro atoms. The molecular formula is C15H20N4O2. The van der Waals surface area contributed by atoms with Crippen LogP contribution in [0.25, 0.3) is 0 Å². The molecule has 0 fully saturated rings. The molecule has 0 aliphatic rings. The summed E-state index contributed by atoms with van der Waals surface area (Å²) in [6.07, 6.45) is 4.24. The van der Waals surface area contributed by atoms with Gasteiger partial charge in [0.25, 0.3) is 5.91 Å². The number of nitrogens with zero attached hydrogens (tertiary/aromatic N) is 2. The van der Waals surface area contributed by atoms with Crippen molar-refractivity contribution >= 4 is 11.6 Å². The van der Waals surface area contributed by atoms with Crippen LogP contribution in [0, 0.1) is 13.8 Å². The maximum Gasteiger partial charge on any atom is 0.253 e. The molecule has 6 nitrogen and oxygen atoms in total. The van der Waals surface area contributed by atoms with E-state index < -0.39 is 0 Å². The smallest absolute Gasteiger partial charge is 0.253 e. The van der Waals surface area contributed by atoms with Crippen LogP contribution in [-0.4, -0.2) is 22.4 Å². The molecule has 0 aliphatic carbocycles. The fourth-order valence-electron chi connectivity index (χ4n) is 1.86. The molecule has 6 heteroatoms. The number of carbonyl (C=O) groups is 1. The molecule has 2 aromatic rings. The Hall–Kier alpha value is -2.37. The normalized spacial score (nSPS) is 10.4. The Labute approximate surface area is 124 Å². The maximum absolute atomic E-state index is 12.2. The minimum Gasteiger partial charge on any atom is -0.444 e. The van der Waals surface area contributed by atoms with Gasteiger partial charge in [0.15, 0.2) is 0 Å². The molecule has 0 bridgehead atoms. The first kappa shape index (κ1) is 15.0. The maximum atomic E-state index is 12.2. The highest BCUT2D eigenvalue weighted by Gasteiger charge is 2.12. The van der Waals surface area contributed by atoms with Crippen LogP contribution in [0.5, 0.6) is 0 Å². The highest BCUT2D eigenvalue weighted by molar-refractivity contribution is 5.99. The van der Waals surface area contributed by atoms with Crippen molar-refractivity contribution < 1.29 is 9.21 Å². The lowest BCUT2D eigenvalue weighted by atomic mass is 10.2. The van der Waals surface area contributed by atoms with Gasteiger partial charge in [-0.1, -0.05) is 6.92 Å². The molecule has 0 saturated heterocycles. The molecule has 0 saturated carbocycles. The van der Waals surface area contributed by atoms with Crippen LogP contribution in [0.2, 0.25) is 0 Å². The zero-order valence-electron chi connectivity index (χ0n) is 12.6. The van der Waals surface area contributed by atoms with Crippen molar-refractivity contribution in [3.63, 3.8) is 0 Å². The van der Waals surface area contributed by atoms with Gasteiger partial charge in [-0.15, -0.1) is 0 Å². The van der Waals surface area contributed by atoms with Crippen molar-refractivity contribution in [1.82, 2.24) is 15.3 Å². The summed E-state index contributed by atoms with van der Waals surface area (Å²) in [6.45, 7) is 6.85. The number of nitrogens with one attached hydrogen (secondary N) is 2. The highest BCUT2D eigenvalue weighted by Crippen LogP contribution is 2.14. The molecular weight excluding hydrogens is 268 g/mol. The van der Waals surface area contributed by atoms with Crippen molar-refractivity contribution in [2.45, 2.75) is 33.7 Å². The minimum absolute atomic E-state index is 0.176. The van der Waals surface area contributed by atoms with Crippen molar-refractivity contribution in [2.24, 2.45) is 0 Å². The van der Waals surface area contributed by atoms with E-state index in [4.69, 9.17) is 4.42 Å². The van der Waals surface area contributed by atoms with Crippen molar-refractivity contribution in [2.75, 3.05) is 11.9 Å². The fraction of sp³-hybridized carbons (Fsp3) is 0.400. The molecule has 0 atom stereocenters. The average molecular weight is 288 g/mol. The van der Waals surface area contributed by atoms with Gasteiger partial charge in [0.05, 0.1) is 29.7 Å². The predicted octanol–water partition coefficient (Wildman–Crippen LogP) is 2.44. The Morgan fingerprint density at radius 2 is 2.19 bits per heavy atom. The Morgan fingerprint density at radius 1 is 1.38 bits per heavy atom. The Morgan fingerprint density at radius 3 is 2.86 bits per heavy atom. The van der Waals surface area contributed by atoms with Crippen LogP contribution in [0.3, 0.4) is 0 Å². The SMILES string of the molecule is CCCNc1cnccc1C(=O)NCc1nc(C)c(C)o1. The third kappa shape index (κ3) is 3.81. The second-order valence-corrected chi connectivity index (χ2v) is 4.78. The number of anilines is 1. The van der Waals surface area contributed by atoms with Gasteiger partial charge in [-0.05, 0) is 26.3 Å². The molecule has 0 aromatic carbocycles. The topological polar surface area (TPSA) is 80.0 Å². The molecule has 0 aliphatic heterocycles. The minimum atomic E-state index is -0.176. The first-order chi connectivity index (χ1) is 10.1. The number of carbonyl (C=O) groups excluding carboxylic acids is 1. The summed E-state index contributed by atoms with van der Waals surface area (Å²) in [5.41, 5.74) is 2.14. The first-order valence-corrected chi connectivity index (χ1v) is 7.00. The largest absolute Gasteiger partial charge is 0.444 e. The lowest BCUT2D eigenvalue weighted by Gasteiger charge is -2.10. The average Bonchev–Trinajstić information content (AvgIpc) is 2.81. The van der Waals surface area contributed by atoms with Crippen LogP contribution >= 0.6 is 0 Å². The van der Waals surface area contributed by atoms with Crippen molar-refractivity contribution in [1.29, 1.82) is 0 Å². The molecule has 1 amide bonds. The van der Waals surface area contributed by atoms with Crippen molar-refractivity contribution in [3.05, 3.63) is 41.4 Å². The molecule has 0 radical (unpaired) electrons. The van der Waals surface area contributed by atoms with Gasteiger partial charge in [0.2, 0.25) is 5.89 Å². The van der Waals surface area contributed by atoms with Gasteiger partial charge < -0.3 is 15.1 Å². The molecule has 2 heterocycles. The summed E-state index contributed by atoms with van der Waals surface area (Å²) >= 11 is 0. The zero-order valence-corrected chi connectivity index (χ0v) is 12.6. The third-order valence-electron chi connectivity index (χ3n) is 3.10. The quantitative estimate of drug-likeness (QED) is 0.853. The van der Waals surface area contributed by atoms with Gasteiger partial charge >= 0.3 is 0 Å². The summed E-state index contributed by atoms with van der Waals surface area (Å²) in [7, 11) is 0. The number of pyridine rings is 1. The van der Waals surface area contributed by atoms with E-state index in [1.54, 1.807) is 18.5 Å². The highest BCUT2D eigenvalue weighted by atomic mass is 16.4. The second-order valence-electron chi connectivity index (χ2n) is 4.78. The molecule has 112 valence electrons. The Bertz CT molecular complexity index is 602. The van der Waals surface area contributed by atoms with E-state index in [1.807, 2.05) is 13.8 Å². The van der Waals surface area contributed by atoms with Gasteiger partial charge in [-0.2, -0.15) is 0 Å². The Balaban J connectivity index is 2.03. The van der Waals surface area contributed by atoms with E-state index in [0.29, 0.717) is 11.5 Å². The van der Waals surface area contributed by atoms with E-state index >= 15 is 0 Å². The third-order valence-corrected chi connectivity index (χ3v) is 3.10. The molecule has 2 N–H and O–H groups in total. The van der Waals surface area contributed by atoms with Crippen LogP contribution in [0.1, 0.15) is 41.0 Å². The van der Waals surface area contributed by atoms with Crippen LogP contribution in [-0.2, 0) is 6.54 Å². The summed E-state index contributed by atoms with van der Waals surface area (Å²) in [5, 5.41) is 6.00. The van der Waals surface area contributed by atoms with Gasteiger partial charge in [0.1, 0.15) is 5.76 Å². The predicted molar refractivity (Wildman–Crippen MR) is 80.2 cm³/mol. The van der Waals surface area contributed by atoms with E-state index in [1.165, 1.54) is 0 Å². The van der Waals surface area contributed by atoms with Crippen molar-refractivity contribution in [3.8, 4) is 0 Å². The number of aromatic nitrogens is 2. The van der Waals surface area contributed by atoms with E-state index in [0.717, 1.165) is 30.1 Å². The van der Waals surface area contributed by atoms with E-state index in [-0.39, 0.29) is 12.5 Å². The molecule has 21 heavy (non-hydrogen) atoms. The first-order valence-electron chi connectivity index (χ1n) is 7.00. The summed E-state index contributed by atoms with van der Waals surface area (Å²) < 4.78 is 5.44. The van der Waals surface area contributed by atoms with Gasteiger partial charge in [-0.3, -0.25) is 9.78 Å². The number of oxazole rings is 1. The Kier molecular flexibility index (Phi) is 4.92. The molecule has 2 aromatic heterocycles. The fourth-order valence-corrected chi connectivity index (χ4v) is 1.86. The van der Waals surface area contributed by atoms with Crippen LogP contribution < -0.4 is 10.6 Å². The van der Waals surface area contributed by atoms with E-state index in [2.05, 4.69) is 27.5 Å². The summed E-state index contributed by atoms with van der Waals surface area (Å²) in [5.74, 6) is 1.11. The van der Waals surface area contributed by atoms with E-state index in [9.17, 15) is 4.79 Å². The molecule has 2 rings (SSSR count). The number of amides is 1. The number of hydrogen-bond donors (Lipinski definition) is 2. The summed E-state index contributed by atoms with van der Waals surface area (Å²) in [6, 6.07) is 1.69. The molecule has 0 unspecified atom stereocenters. The van der Waals surface area contributed by atoms with Gasteiger partial charge in [-0.25, -0.2) is 4.98 Å². The summed E-state index contributed by atoms with van der Waals surface area (Å²) in [4.78, 5) is 20.5. The lowest BCUT2D eigenvalue weighted by molar-refractivity contribution is 0.0948. The number of rotatable bonds is 6.